The van der Waals surface area contributed by atoms with E-state index < -0.39 is 17.0 Å². The smallest absolute Gasteiger partial charge is 0.334 e. The van der Waals surface area contributed by atoms with Crippen molar-refractivity contribution in [2.24, 2.45) is 0 Å². The lowest BCUT2D eigenvalue weighted by molar-refractivity contribution is -0.548. The van der Waals surface area contributed by atoms with Crippen LogP contribution >= 0.6 is 0 Å². The molecule has 1 N–H and O–H groups in total. The number of hydrazine groups is 1. The van der Waals surface area contributed by atoms with Crippen molar-refractivity contribution >= 4 is 5.97 Å². The third-order valence-corrected chi connectivity index (χ3v) is 2.03. The van der Waals surface area contributed by atoms with Crippen LogP contribution in [0, 0.1) is 10.1 Å². The van der Waals surface area contributed by atoms with Crippen molar-refractivity contribution in [3.8, 4) is 0 Å². The fourth-order valence-corrected chi connectivity index (χ4v) is 1.30. The third kappa shape index (κ3) is 3.56. The molecule has 0 fully saturated rings. The average Bonchev–Trinajstić information content (AvgIpc) is 2.28. The number of nitrogens with one attached hydrogen (secondary N) is 1. The van der Waals surface area contributed by atoms with Crippen LogP contribution in [0.3, 0.4) is 0 Å². The van der Waals surface area contributed by atoms with E-state index in [9.17, 15) is 14.9 Å². The first-order valence-electron chi connectivity index (χ1n) is 4.66. The van der Waals surface area contributed by atoms with Gasteiger partial charge in [-0.3, -0.25) is 0 Å². The molecule has 1 aromatic carbocycles. The van der Waals surface area contributed by atoms with E-state index in [1.54, 1.807) is 24.3 Å². The number of nitro groups is 1. The van der Waals surface area contributed by atoms with E-state index in [1.807, 2.05) is 11.5 Å². The summed E-state index contributed by atoms with van der Waals surface area (Å²) >= 11 is 0. The highest BCUT2D eigenvalue weighted by molar-refractivity contribution is 5.75. The Morgan fingerprint density at radius 2 is 2.12 bits per heavy atom. The molecule has 0 amide bonds. The van der Waals surface area contributed by atoms with Crippen molar-refractivity contribution in [2.75, 3.05) is 7.11 Å². The Bertz CT molecular complexity index is 366. The van der Waals surface area contributed by atoms with Gasteiger partial charge in [0.15, 0.2) is 11.1 Å². The Hall–Kier alpha value is -2.11. The SMILES string of the molecule is COC(=O)C(Cc1ccccc1)N[N+](=O)[O-]. The molecular formula is C10H12N2O4. The van der Waals surface area contributed by atoms with Gasteiger partial charge in [-0.25, -0.2) is 14.9 Å². The van der Waals surface area contributed by atoms with Gasteiger partial charge < -0.3 is 4.74 Å². The molecule has 0 spiro atoms. The highest BCUT2D eigenvalue weighted by Crippen LogP contribution is 2.04. The molecular weight excluding hydrogens is 212 g/mol. The number of benzene rings is 1. The molecule has 1 aromatic rings. The van der Waals surface area contributed by atoms with E-state index in [-0.39, 0.29) is 6.42 Å². The van der Waals surface area contributed by atoms with E-state index >= 15 is 0 Å². The summed E-state index contributed by atoms with van der Waals surface area (Å²) in [6.45, 7) is 0. The van der Waals surface area contributed by atoms with Crippen LogP contribution in [0.15, 0.2) is 30.3 Å². The number of hydrogen-bond donors (Lipinski definition) is 1. The Labute approximate surface area is 92.3 Å². The van der Waals surface area contributed by atoms with Gasteiger partial charge >= 0.3 is 5.97 Å². The van der Waals surface area contributed by atoms with Crippen molar-refractivity contribution in [2.45, 2.75) is 12.5 Å². The van der Waals surface area contributed by atoms with Crippen LogP contribution in [0.4, 0.5) is 0 Å². The maximum absolute atomic E-state index is 11.3. The molecule has 1 atom stereocenters. The fraction of sp³-hybridized carbons (Fsp3) is 0.300. The second-order valence-corrected chi connectivity index (χ2v) is 3.15. The second-order valence-electron chi connectivity index (χ2n) is 3.15. The molecule has 0 aromatic heterocycles. The summed E-state index contributed by atoms with van der Waals surface area (Å²) in [6.07, 6.45) is 0.217. The van der Waals surface area contributed by atoms with Gasteiger partial charge in [0.25, 0.3) is 0 Å². The summed E-state index contributed by atoms with van der Waals surface area (Å²) in [5.74, 6) is -0.652. The van der Waals surface area contributed by atoms with Crippen LogP contribution in [0.1, 0.15) is 5.56 Å². The molecule has 0 saturated carbocycles. The van der Waals surface area contributed by atoms with Gasteiger partial charge in [-0.1, -0.05) is 30.3 Å². The number of methoxy groups -OCH3 is 1. The number of carbonyl (C=O) groups is 1. The van der Waals surface area contributed by atoms with Gasteiger partial charge in [-0.15, -0.1) is 5.43 Å². The molecule has 6 heteroatoms. The molecule has 0 radical (unpaired) electrons. The van der Waals surface area contributed by atoms with Gasteiger partial charge in [0.1, 0.15) is 0 Å². The van der Waals surface area contributed by atoms with Crippen LogP contribution in [0.2, 0.25) is 0 Å². The Morgan fingerprint density at radius 1 is 1.50 bits per heavy atom. The number of ether oxygens (including phenoxy) is 1. The minimum absolute atomic E-state index is 0.217. The highest BCUT2D eigenvalue weighted by Gasteiger charge is 2.23. The van der Waals surface area contributed by atoms with Crippen molar-refractivity contribution in [1.29, 1.82) is 0 Å². The first-order chi connectivity index (χ1) is 7.63. The standard InChI is InChI=1S/C10H12N2O4/c1-16-10(13)9(11-12(14)15)7-8-5-3-2-4-6-8/h2-6,9,11H,7H2,1H3. The number of esters is 1. The Balaban J connectivity index is 2.70. The Morgan fingerprint density at radius 3 is 2.62 bits per heavy atom. The van der Waals surface area contributed by atoms with E-state index in [0.717, 1.165) is 5.56 Å². The highest BCUT2D eigenvalue weighted by atomic mass is 16.7. The molecule has 16 heavy (non-hydrogen) atoms. The lowest BCUT2D eigenvalue weighted by Crippen LogP contribution is -2.42. The molecule has 0 aliphatic heterocycles. The van der Waals surface area contributed by atoms with Crippen LogP contribution in [0.25, 0.3) is 0 Å². The van der Waals surface area contributed by atoms with Gasteiger partial charge in [-0.2, -0.15) is 0 Å². The summed E-state index contributed by atoms with van der Waals surface area (Å²) in [5, 5.41) is 9.56. The molecule has 86 valence electrons. The lowest BCUT2D eigenvalue weighted by Gasteiger charge is -2.11. The van der Waals surface area contributed by atoms with Gasteiger partial charge in [0, 0.05) is 6.42 Å². The Kier molecular flexibility index (Phi) is 4.26. The largest absolute Gasteiger partial charge is 0.467 e. The number of hydrogen-bond acceptors (Lipinski definition) is 4. The molecule has 6 nitrogen and oxygen atoms in total. The van der Waals surface area contributed by atoms with Crippen molar-refractivity contribution < 1.29 is 14.6 Å². The number of nitrogens with zero attached hydrogens (tertiary/aromatic N) is 1. The normalized spacial score (nSPS) is 11.6. The monoisotopic (exact) mass is 224 g/mol. The van der Waals surface area contributed by atoms with E-state index in [0.29, 0.717) is 0 Å². The van der Waals surface area contributed by atoms with E-state index in [2.05, 4.69) is 4.74 Å². The van der Waals surface area contributed by atoms with Crippen molar-refractivity contribution in [3.63, 3.8) is 0 Å². The number of rotatable bonds is 5. The molecule has 0 aliphatic rings. The third-order valence-electron chi connectivity index (χ3n) is 2.03. The minimum Gasteiger partial charge on any atom is -0.467 e. The second kappa shape index (κ2) is 5.69. The summed E-state index contributed by atoms with van der Waals surface area (Å²) in [6, 6.07) is 8.04. The summed E-state index contributed by atoms with van der Waals surface area (Å²) in [5.41, 5.74) is 2.75. The molecule has 0 bridgehead atoms. The van der Waals surface area contributed by atoms with Crippen molar-refractivity contribution in [1.82, 2.24) is 5.43 Å². The van der Waals surface area contributed by atoms with Crippen LogP contribution in [0.5, 0.6) is 0 Å². The summed E-state index contributed by atoms with van der Waals surface area (Å²) in [4.78, 5) is 21.6. The quantitative estimate of drug-likeness (QED) is 0.448. The minimum atomic E-state index is -0.970. The van der Waals surface area contributed by atoms with E-state index in [1.165, 1.54) is 7.11 Å². The van der Waals surface area contributed by atoms with Crippen LogP contribution in [-0.4, -0.2) is 24.2 Å². The zero-order valence-electron chi connectivity index (χ0n) is 8.75. The maximum Gasteiger partial charge on any atom is 0.334 e. The molecule has 0 saturated heterocycles. The van der Waals surface area contributed by atoms with Gasteiger partial charge in [0.2, 0.25) is 0 Å². The average molecular weight is 224 g/mol. The molecule has 0 aliphatic carbocycles. The predicted octanol–water partition coefficient (Wildman–Crippen LogP) is 0.552. The first kappa shape index (κ1) is 12.0. The summed E-state index contributed by atoms with van der Waals surface area (Å²) < 4.78 is 4.48. The van der Waals surface area contributed by atoms with E-state index in [4.69, 9.17) is 0 Å². The zero-order chi connectivity index (χ0) is 12.0. The predicted molar refractivity (Wildman–Crippen MR) is 56.1 cm³/mol. The molecule has 1 rings (SSSR count). The fourth-order valence-electron chi connectivity index (χ4n) is 1.30. The topological polar surface area (TPSA) is 81.5 Å². The summed E-state index contributed by atoms with van der Waals surface area (Å²) in [7, 11) is 1.20. The molecule has 1 unspecified atom stereocenters. The molecule has 0 heterocycles. The zero-order valence-corrected chi connectivity index (χ0v) is 8.75. The van der Waals surface area contributed by atoms with Crippen LogP contribution in [-0.2, 0) is 16.0 Å². The number of carbonyl (C=O) groups excluding carboxylic acids is 1. The van der Waals surface area contributed by atoms with Gasteiger partial charge in [-0.05, 0) is 5.56 Å². The first-order valence-corrected chi connectivity index (χ1v) is 4.66. The van der Waals surface area contributed by atoms with Crippen LogP contribution < -0.4 is 5.43 Å². The maximum atomic E-state index is 11.3. The van der Waals surface area contributed by atoms with Gasteiger partial charge in [0.05, 0.1) is 7.11 Å². The lowest BCUT2D eigenvalue weighted by atomic mass is 10.1. The van der Waals surface area contributed by atoms with Crippen molar-refractivity contribution in [3.05, 3.63) is 46.0 Å².